The number of carbonyl (C=O) groups is 1. The average Bonchev–Trinajstić information content (AvgIpc) is 3.05. The van der Waals surface area contributed by atoms with Crippen LogP contribution in [0.1, 0.15) is 39.7 Å². The number of aromatic nitrogens is 1. The van der Waals surface area contributed by atoms with Crippen LogP contribution < -0.4 is 14.8 Å². The normalized spacial score (nSPS) is 11.5. The Balaban J connectivity index is 1.65. The summed E-state index contributed by atoms with van der Waals surface area (Å²) in [7, 11) is 0. The minimum Gasteiger partial charge on any atom is -0.494 e. The molecule has 1 N–H and O–H groups in total. The molecule has 0 aliphatic carbocycles. The van der Waals surface area contributed by atoms with E-state index in [0.29, 0.717) is 17.5 Å². The van der Waals surface area contributed by atoms with Crippen LogP contribution >= 0.6 is 27.3 Å². The number of thiazole rings is 1. The van der Waals surface area contributed by atoms with E-state index in [4.69, 9.17) is 9.47 Å². The molecule has 0 saturated heterocycles. The molecule has 0 atom stereocenters. The van der Waals surface area contributed by atoms with Crippen molar-refractivity contribution in [3.8, 4) is 11.5 Å². The molecule has 2 aromatic carbocycles. The Morgan fingerprint density at radius 1 is 1.17 bits per heavy atom. The number of nitrogens with zero attached hydrogens (tertiary/aromatic N) is 1. The predicted molar refractivity (Wildman–Crippen MR) is 122 cm³/mol. The number of hydrogen-bond acceptors (Lipinski definition) is 5. The Labute approximate surface area is 183 Å². The molecular formula is C22H25BrN2O3S. The second-order valence-corrected chi connectivity index (χ2v) is 9.67. The highest BCUT2D eigenvalue weighted by atomic mass is 79.9. The summed E-state index contributed by atoms with van der Waals surface area (Å²) in [6.07, 6.45) is 0.956. The summed E-state index contributed by atoms with van der Waals surface area (Å²) >= 11 is 4.92. The van der Waals surface area contributed by atoms with Gasteiger partial charge >= 0.3 is 0 Å². The predicted octanol–water partition coefficient (Wildman–Crippen LogP) is 6.16. The number of carbonyl (C=O) groups excluding carboxylic acids is 1. The lowest BCUT2D eigenvalue weighted by molar-refractivity contribution is -0.118. The van der Waals surface area contributed by atoms with Gasteiger partial charge in [0.05, 0.1) is 16.8 Å². The van der Waals surface area contributed by atoms with Crippen LogP contribution in [0.25, 0.3) is 10.2 Å². The molecule has 0 unspecified atom stereocenters. The third kappa shape index (κ3) is 5.70. The highest BCUT2D eigenvalue weighted by Gasteiger charge is 2.20. The zero-order chi connectivity index (χ0) is 21.0. The molecule has 0 saturated carbocycles. The fourth-order valence-corrected chi connectivity index (χ4v) is 4.05. The summed E-state index contributed by atoms with van der Waals surface area (Å²) in [6.45, 7) is 9.01. The molecule has 3 rings (SSSR count). The van der Waals surface area contributed by atoms with Crippen molar-refractivity contribution in [2.75, 3.05) is 18.5 Å². The third-order valence-electron chi connectivity index (χ3n) is 4.19. The van der Waals surface area contributed by atoms with Crippen LogP contribution in [0.15, 0.2) is 40.9 Å². The molecule has 7 heteroatoms. The zero-order valence-corrected chi connectivity index (χ0v) is 19.4. The van der Waals surface area contributed by atoms with Crippen molar-refractivity contribution in [1.82, 2.24) is 4.98 Å². The number of benzene rings is 2. The molecule has 1 amide bonds. The van der Waals surface area contributed by atoms with E-state index in [2.05, 4.69) is 53.9 Å². The molecule has 1 heterocycles. The number of halogens is 1. The van der Waals surface area contributed by atoms with E-state index in [-0.39, 0.29) is 17.9 Å². The van der Waals surface area contributed by atoms with E-state index in [1.54, 1.807) is 0 Å². The summed E-state index contributed by atoms with van der Waals surface area (Å²) in [6, 6.07) is 11.6. The highest BCUT2D eigenvalue weighted by molar-refractivity contribution is 9.10. The van der Waals surface area contributed by atoms with Gasteiger partial charge in [0.25, 0.3) is 5.91 Å². The van der Waals surface area contributed by atoms with Crippen LogP contribution in [0.2, 0.25) is 0 Å². The Hall–Kier alpha value is -2.12. The van der Waals surface area contributed by atoms with Gasteiger partial charge in [0.2, 0.25) is 0 Å². The van der Waals surface area contributed by atoms with Gasteiger partial charge in [-0.1, -0.05) is 55.0 Å². The summed E-state index contributed by atoms with van der Waals surface area (Å²) in [5.74, 6) is 1.28. The summed E-state index contributed by atoms with van der Waals surface area (Å²) in [5.41, 5.74) is 1.78. The van der Waals surface area contributed by atoms with Gasteiger partial charge in [-0.15, -0.1) is 0 Å². The minimum absolute atomic E-state index is 0.0779. The summed E-state index contributed by atoms with van der Waals surface area (Å²) in [4.78, 5) is 16.9. The Kier molecular flexibility index (Phi) is 6.80. The fraction of sp³-hybridized carbons (Fsp3) is 0.364. The van der Waals surface area contributed by atoms with Crippen LogP contribution in [0.4, 0.5) is 5.13 Å². The number of rotatable bonds is 7. The van der Waals surface area contributed by atoms with E-state index in [1.165, 1.54) is 11.3 Å². The number of amides is 1. The van der Waals surface area contributed by atoms with Crippen molar-refractivity contribution >= 4 is 48.5 Å². The van der Waals surface area contributed by atoms with Crippen LogP contribution in [0, 0.1) is 0 Å². The molecule has 0 bridgehead atoms. The average molecular weight is 477 g/mol. The number of nitrogens with one attached hydrogen (secondary N) is 1. The standard InChI is InChI=1S/C22H25BrN2O3S/c1-5-10-27-15-7-8-17-19(12-15)29-21(24-17)25-20(26)13-28-18-9-6-14(23)11-16(18)22(2,3)4/h6-9,11-12H,5,10,13H2,1-4H3,(H,24,25,26). The lowest BCUT2D eigenvalue weighted by Gasteiger charge is -2.23. The number of anilines is 1. The van der Waals surface area contributed by atoms with Gasteiger partial charge in [0.15, 0.2) is 11.7 Å². The molecule has 0 aliphatic heterocycles. The van der Waals surface area contributed by atoms with E-state index in [9.17, 15) is 4.79 Å². The quantitative estimate of drug-likeness (QED) is 0.443. The van der Waals surface area contributed by atoms with E-state index >= 15 is 0 Å². The van der Waals surface area contributed by atoms with Crippen LogP contribution in [0.5, 0.6) is 11.5 Å². The first kappa shape index (κ1) is 21.6. The van der Waals surface area contributed by atoms with Gasteiger partial charge in [0, 0.05) is 10.0 Å². The first-order chi connectivity index (χ1) is 13.8. The van der Waals surface area contributed by atoms with E-state index in [0.717, 1.165) is 32.4 Å². The molecule has 1 aromatic heterocycles. The minimum atomic E-state index is -0.241. The number of fused-ring (bicyclic) bond motifs is 1. The second-order valence-electron chi connectivity index (χ2n) is 7.72. The summed E-state index contributed by atoms with van der Waals surface area (Å²) in [5, 5.41) is 3.38. The first-order valence-corrected chi connectivity index (χ1v) is 11.1. The molecule has 29 heavy (non-hydrogen) atoms. The van der Waals surface area contributed by atoms with Crippen LogP contribution in [0.3, 0.4) is 0 Å². The van der Waals surface area contributed by atoms with Gasteiger partial charge in [-0.2, -0.15) is 0 Å². The van der Waals surface area contributed by atoms with E-state index in [1.807, 2.05) is 36.4 Å². The van der Waals surface area contributed by atoms with Crippen molar-refractivity contribution in [3.63, 3.8) is 0 Å². The highest BCUT2D eigenvalue weighted by Crippen LogP contribution is 2.34. The maximum Gasteiger partial charge on any atom is 0.264 e. The Morgan fingerprint density at radius 3 is 2.69 bits per heavy atom. The monoisotopic (exact) mass is 476 g/mol. The molecule has 3 aromatic rings. The van der Waals surface area contributed by atoms with Gasteiger partial charge in [-0.25, -0.2) is 4.98 Å². The smallest absolute Gasteiger partial charge is 0.264 e. The molecule has 0 spiro atoms. The molecular weight excluding hydrogens is 452 g/mol. The van der Waals surface area contributed by atoms with Crippen molar-refractivity contribution in [1.29, 1.82) is 0 Å². The fourth-order valence-electron chi connectivity index (χ4n) is 2.78. The SMILES string of the molecule is CCCOc1ccc2nc(NC(=O)COc3ccc(Br)cc3C(C)(C)C)sc2c1. The van der Waals surface area contributed by atoms with Crippen LogP contribution in [-0.2, 0) is 10.2 Å². The van der Waals surface area contributed by atoms with Gasteiger partial charge in [-0.3, -0.25) is 10.1 Å². The van der Waals surface area contributed by atoms with Gasteiger partial charge < -0.3 is 9.47 Å². The lowest BCUT2D eigenvalue weighted by Crippen LogP contribution is -2.21. The number of ether oxygens (including phenoxy) is 2. The Bertz CT molecular complexity index is 1010. The first-order valence-electron chi connectivity index (χ1n) is 9.52. The molecule has 5 nitrogen and oxygen atoms in total. The maximum absolute atomic E-state index is 12.4. The summed E-state index contributed by atoms with van der Waals surface area (Å²) < 4.78 is 13.4. The molecule has 154 valence electrons. The number of hydrogen-bond donors (Lipinski definition) is 1. The molecule has 0 fully saturated rings. The topological polar surface area (TPSA) is 60.5 Å². The van der Waals surface area contributed by atoms with Crippen molar-refractivity contribution in [2.45, 2.75) is 39.5 Å². The molecule has 0 radical (unpaired) electrons. The van der Waals surface area contributed by atoms with Crippen molar-refractivity contribution in [2.24, 2.45) is 0 Å². The van der Waals surface area contributed by atoms with Gasteiger partial charge in [0.1, 0.15) is 11.5 Å². The molecule has 0 aliphatic rings. The second kappa shape index (κ2) is 9.13. The van der Waals surface area contributed by atoms with E-state index < -0.39 is 0 Å². The van der Waals surface area contributed by atoms with Gasteiger partial charge in [-0.05, 0) is 48.2 Å². The zero-order valence-electron chi connectivity index (χ0n) is 17.0. The van der Waals surface area contributed by atoms with Crippen molar-refractivity contribution in [3.05, 3.63) is 46.4 Å². The largest absolute Gasteiger partial charge is 0.494 e. The Morgan fingerprint density at radius 2 is 1.97 bits per heavy atom. The van der Waals surface area contributed by atoms with Crippen molar-refractivity contribution < 1.29 is 14.3 Å². The maximum atomic E-state index is 12.4. The third-order valence-corrected chi connectivity index (χ3v) is 5.61. The van der Waals surface area contributed by atoms with Crippen LogP contribution in [-0.4, -0.2) is 24.1 Å². The lowest BCUT2D eigenvalue weighted by atomic mass is 9.86.